The maximum absolute atomic E-state index is 12.5. The van der Waals surface area contributed by atoms with Gasteiger partial charge in [-0.15, -0.1) is 0 Å². The summed E-state index contributed by atoms with van der Waals surface area (Å²) in [5.41, 5.74) is 2.39. The molecule has 1 heterocycles. The summed E-state index contributed by atoms with van der Waals surface area (Å²) in [7, 11) is 0. The summed E-state index contributed by atoms with van der Waals surface area (Å²) < 4.78 is 6.62. The molecule has 1 N–H and O–H groups in total. The molecule has 27 heavy (non-hydrogen) atoms. The molecule has 0 aliphatic carbocycles. The highest BCUT2D eigenvalue weighted by Crippen LogP contribution is 2.20. The van der Waals surface area contributed by atoms with E-state index in [1.54, 1.807) is 0 Å². The Hall–Kier alpha value is -1.85. The highest BCUT2D eigenvalue weighted by molar-refractivity contribution is 9.10. The lowest BCUT2D eigenvalue weighted by molar-refractivity contribution is -0.126. The van der Waals surface area contributed by atoms with Crippen LogP contribution in [0.2, 0.25) is 0 Å². The summed E-state index contributed by atoms with van der Waals surface area (Å²) in [5.74, 6) is 1.13. The van der Waals surface area contributed by atoms with E-state index in [0.717, 1.165) is 48.3 Å². The van der Waals surface area contributed by atoms with E-state index in [0.29, 0.717) is 13.2 Å². The molecule has 4 nitrogen and oxygen atoms in total. The van der Waals surface area contributed by atoms with Crippen LogP contribution in [0.15, 0.2) is 53.0 Å². The molecule has 2 aromatic rings. The zero-order valence-corrected chi connectivity index (χ0v) is 17.4. The molecular weight excluding hydrogens is 404 g/mol. The molecule has 0 unspecified atom stereocenters. The van der Waals surface area contributed by atoms with Crippen molar-refractivity contribution in [3.05, 3.63) is 64.1 Å². The number of nitrogens with one attached hydrogen (secondary N) is 1. The monoisotopic (exact) mass is 430 g/mol. The molecular formula is C22H27BrN2O2. The zero-order valence-electron chi connectivity index (χ0n) is 15.8. The second kappa shape index (κ2) is 9.90. The third-order valence-corrected chi connectivity index (χ3v) is 5.48. The minimum atomic E-state index is 0.112. The third kappa shape index (κ3) is 6.08. The molecule has 0 atom stereocenters. The maximum Gasteiger partial charge on any atom is 0.223 e. The molecule has 5 heteroatoms. The molecule has 1 fully saturated rings. The molecule has 144 valence electrons. The van der Waals surface area contributed by atoms with Gasteiger partial charge in [-0.3, -0.25) is 9.69 Å². The number of amides is 1. The van der Waals surface area contributed by atoms with Gasteiger partial charge < -0.3 is 10.1 Å². The Labute approximate surface area is 170 Å². The quantitative estimate of drug-likeness (QED) is 0.708. The van der Waals surface area contributed by atoms with Gasteiger partial charge in [0.15, 0.2) is 0 Å². The number of nitrogens with zero attached hydrogens (tertiary/aromatic N) is 1. The minimum absolute atomic E-state index is 0.112. The lowest BCUT2D eigenvalue weighted by Gasteiger charge is -2.31. The number of hydrogen-bond donors (Lipinski definition) is 1. The SMILES string of the molecule is CCOc1cccc(CNC(=O)C2CCN(Cc3ccc(Br)cc3)CC2)c1. The maximum atomic E-state index is 12.5. The summed E-state index contributed by atoms with van der Waals surface area (Å²) in [4.78, 5) is 14.9. The van der Waals surface area contributed by atoms with Crippen LogP contribution in [-0.4, -0.2) is 30.5 Å². The number of carbonyl (C=O) groups is 1. The Morgan fingerprint density at radius 3 is 2.59 bits per heavy atom. The second-order valence-electron chi connectivity index (χ2n) is 6.98. The molecule has 1 amide bonds. The topological polar surface area (TPSA) is 41.6 Å². The first kappa shape index (κ1) is 19.9. The molecule has 3 rings (SSSR count). The van der Waals surface area contributed by atoms with Crippen LogP contribution in [0.25, 0.3) is 0 Å². The van der Waals surface area contributed by atoms with E-state index in [-0.39, 0.29) is 11.8 Å². The van der Waals surface area contributed by atoms with Gasteiger partial charge in [-0.25, -0.2) is 0 Å². The first-order chi connectivity index (χ1) is 13.1. The molecule has 0 saturated carbocycles. The lowest BCUT2D eigenvalue weighted by Crippen LogP contribution is -2.40. The standard InChI is InChI=1S/C22H27BrN2O2/c1-2-27-21-5-3-4-18(14-21)15-24-22(26)19-10-12-25(13-11-19)16-17-6-8-20(23)9-7-17/h3-9,14,19H,2,10-13,15-16H2,1H3,(H,24,26). The largest absolute Gasteiger partial charge is 0.494 e. The van der Waals surface area contributed by atoms with Crippen LogP contribution in [0.4, 0.5) is 0 Å². The molecule has 1 saturated heterocycles. The third-order valence-electron chi connectivity index (χ3n) is 4.95. The average Bonchev–Trinajstić information content (AvgIpc) is 2.69. The summed E-state index contributed by atoms with van der Waals surface area (Å²) in [6.07, 6.45) is 1.84. The van der Waals surface area contributed by atoms with Crippen molar-refractivity contribution in [2.75, 3.05) is 19.7 Å². The van der Waals surface area contributed by atoms with Crippen molar-refractivity contribution in [1.82, 2.24) is 10.2 Å². The predicted molar refractivity (Wildman–Crippen MR) is 112 cm³/mol. The normalized spacial score (nSPS) is 15.5. The van der Waals surface area contributed by atoms with Crippen molar-refractivity contribution in [3.63, 3.8) is 0 Å². The summed E-state index contributed by atoms with van der Waals surface area (Å²) in [6, 6.07) is 16.4. The van der Waals surface area contributed by atoms with Gasteiger partial charge in [0.05, 0.1) is 6.61 Å². The van der Waals surface area contributed by atoms with E-state index >= 15 is 0 Å². The predicted octanol–water partition coefficient (Wildman–Crippen LogP) is 4.38. The Morgan fingerprint density at radius 1 is 1.15 bits per heavy atom. The Kier molecular flexibility index (Phi) is 7.30. The van der Waals surface area contributed by atoms with Crippen LogP contribution in [0, 0.1) is 5.92 Å². The number of carbonyl (C=O) groups excluding carboxylic acids is 1. The van der Waals surface area contributed by atoms with Gasteiger partial charge in [0.25, 0.3) is 0 Å². The molecule has 0 radical (unpaired) electrons. The van der Waals surface area contributed by atoms with Crippen molar-refractivity contribution in [1.29, 1.82) is 0 Å². The van der Waals surface area contributed by atoms with E-state index in [4.69, 9.17) is 4.74 Å². The number of piperidine rings is 1. The van der Waals surface area contributed by atoms with E-state index < -0.39 is 0 Å². The average molecular weight is 431 g/mol. The Morgan fingerprint density at radius 2 is 1.89 bits per heavy atom. The molecule has 1 aliphatic rings. The van der Waals surface area contributed by atoms with Crippen LogP contribution in [-0.2, 0) is 17.9 Å². The van der Waals surface area contributed by atoms with Crippen molar-refractivity contribution >= 4 is 21.8 Å². The summed E-state index contributed by atoms with van der Waals surface area (Å²) in [5, 5.41) is 3.09. The number of likely N-dealkylation sites (tertiary alicyclic amines) is 1. The van der Waals surface area contributed by atoms with Crippen molar-refractivity contribution in [2.45, 2.75) is 32.9 Å². The van der Waals surface area contributed by atoms with Gasteiger partial charge in [-0.1, -0.05) is 40.2 Å². The molecule has 0 spiro atoms. The fourth-order valence-corrected chi connectivity index (χ4v) is 3.71. The van der Waals surface area contributed by atoms with Gasteiger partial charge in [0.2, 0.25) is 5.91 Å². The number of rotatable bonds is 7. The number of hydrogen-bond acceptors (Lipinski definition) is 3. The van der Waals surface area contributed by atoms with Gasteiger partial charge >= 0.3 is 0 Å². The van der Waals surface area contributed by atoms with Crippen LogP contribution in [0.5, 0.6) is 5.75 Å². The first-order valence-electron chi connectivity index (χ1n) is 9.60. The Bertz CT molecular complexity index is 740. The fraction of sp³-hybridized carbons (Fsp3) is 0.409. The van der Waals surface area contributed by atoms with Gasteiger partial charge in [0, 0.05) is 23.5 Å². The molecule has 2 aromatic carbocycles. The smallest absolute Gasteiger partial charge is 0.223 e. The van der Waals surface area contributed by atoms with E-state index in [1.807, 2.05) is 31.2 Å². The van der Waals surface area contributed by atoms with Gasteiger partial charge in [0.1, 0.15) is 5.75 Å². The fourth-order valence-electron chi connectivity index (χ4n) is 3.45. The van der Waals surface area contributed by atoms with Crippen LogP contribution in [0.1, 0.15) is 30.9 Å². The van der Waals surface area contributed by atoms with Crippen molar-refractivity contribution < 1.29 is 9.53 Å². The van der Waals surface area contributed by atoms with Crippen LogP contribution < -0.4 is 10.1 Å². The van der Waals surface area contributed by atoms with E-state index in [2.05, 4.69) is 50.4 Å². The van der Waals surface area contributed by atoms with Gasteiger partial charge in [-0.05, 0) is 68.2 Å². The summed E-state index contributed by atoms with van der Waals surface area (Å²) >= 11 is 3.47. The zero-order chi connectivity index (χ0) is 19.1. The Balaban J connectivity index is 1.43. The number of benzene rings is 2. The number of halogens is 1. The molecule has 0 aromatic heterocycles. The second-order valence-corrected chi connectivity index (χ2v) is 7.89. The van der Waals surface area contributed by atoms with E-state index in [9.17, 15) is 4.79 Å². The van der Waals surface area contributed by atoms with Crippen molar-refractivity contribution in [2.24, 2.45) is 5.92 Å². The van der Waals surface area contributed by atoms with Crippen molar-refractivity contribution in [3.8, 4) is 5.75 Å². The highest BCUT2D eigenvalue weighted by atomic mass is 79.9. The van der Waals surface area contributed by atoms with E-state index in [1.165, 1.54) is 5.56 Å². The number of ether oxygens (including phenoxy) is 1. The first-order valence-corrected chi connectivity index (χ1v) is 10.4. The minimum Gasteiger partial charge on any atom is -0.494 e. The van der Waals surface area contributed by atoms with Gasteiger partial charge in [-0.2, -0.15) is 0 Å². The molecule has 0 bridgehead atoms. The molecule has 1 aliphatic heterocycles. The summed E-state index contributed by atoms with van der Waals surface area (Å²) in [6.45, 7) is 6.05. The lowest BCUT2D eigenvalue weighted by atomic mass is 9.95. The highest BCUT2D eigenvalue weighted by Gasteiger charge is 2.24. The van der Waals surface area contributed by atoms with Crippen LogP contribution in [0.3, 0.4) is 0 Å². The van der Waals surface area contributed by atoms with Crippen LogP contribution >= 0.6 is 15.9 Å².